The van der Waals surface area contributed by atoms with E-state index >= 15 is 0 Å². The molecule has 3 nitrogen and oxygen atoms in total. The summed E-state index contributed by atoms with van der Waals surface area (Å²) in [7, 11) is 0. The second-order valence-corrected chi connectivity index (χ2v) is 7.58. The van der Waals surface area contributed by atoms with Crippen molar-refractivity contribution in [3.05, 3.63) is 0 Å². The van der Waals surface area contributed by atoms with Gasteiger partial charge in [0.1, 0.15) is 0 Å². The molecule has 0 aromatic rings. The van der Waals surface area contributed by atoms with Crippen molar-refractivity contribution in [2.45, 2.75) is 90.3 Å². The number of rotatable bonds is 8. The van der Waals surface area contributed by atoms with Gasteiger partial charge in [0.2, 0.25) is 0 Å². The third kappa shape index (κ3) is 5.19. The van der Waals surface area contributed by atoms with Crippen molar-refractivity contribution >= 4 is 0 Å². The lowest BCUT2D eigenvalue weighted by Gasteiger charge is -2.46. The van der Waals surface area contributed by atoms with Gasteiger partial charge in [0, 0.05) is 12.3 Å². The third-order valence-corrected chi connectivity index (χ3v) is 5.80. The van der Waals surface area contributed by atoms with Crippen LogP contribution >= 0.6 is 0 Å². The first-order valence-corrected chi connectivity index (χ1v) is 9.91. The van der Waals surface area contributed by atoms with Crippen LogP contribution in [-0.2, 0) is 9.47 Å². The van der Waals surface area contributed by atoms with Crippen LogP contribution in [-0.4, -0.2) is 19.0 Å². The maximum atomic E-state index is 9.09. The summed E-state index contributed by atoms with van der Waals surface area (Å²) in [6.45, 7) is 5.63. The van der Waals surface area contributed by atoms with Crippen molar-refractivity contribution < 1.29 is 9.47 Å². The van der Waals surface area contributed by atoms with Gasteiger partial charge in [-0.15, -0.1) is 0 Å². The van der Waals surface area contributed by atoms with E-state index in [0.717, 1.165) is 12.3 Å². The highest BCUT2D eigenvalue weighted by Gasteiger charge is 2.45. The molecule has 0 amide bonds. The van der Waals surface area contributed by atoms with Gasteiger partial charge in [-0.2, -0.15) is 5.26 Å². The monoisotopic (exact) mass is 321 g/mol. The molecule has 1 saturated carbocycles. The molecule has 0 atom stereocenters. The van der Waals surface area contributed by atoms with E-state index in [9.17, 15) is 0 Å². The SMILES string of the molecule is CCCCC[C@]1([C@H]2CC[C@@H](CCCC)CC2)OC[C@H](C#N)CO1. The number of hydrogen-bond acceptors (Lipinski definition) is 3. The van der Waals surface area contributed by atoms with Crippen molar-refractivity contribution in [1.82, 2.24) is 0 Å². The maximum absolute atomic E-state index is 9.09. The van der Waals surface area contributed by atoms with E-state index in [1.807, 2.05) is 0 Å². The van der Waals surface area contributed by atoms with Crippen LogP contribution in [0.4, 0.5) is 0 Å². The molecule has 2 aliphatic rings. The molecule has 3 heteroatoms. The Hall–Kier alpha value is -0.590. The molecule has 2 rings (SSSR count). The van der Waals surface area contributed by atoms with Crippen LogP contribution in [0.5, 0.6) is 0 Å². The van der Waals surface area contributed by atoms with Crippen molar-refractivity contribution in [2.24, 2.45) is 17.8 Å². The second-order valence-electron chi connectivity index (χ2n) is 7.58. The fraction of sp³-hybridized carbons (Fsp3) is 0.950. The predicted octanol–water partition coefficient (Wildman–Crippen LogP) is 5.45. The number of ether oxygens (including phenoxy) is 2. The van der Waals surface area contributed by atoms with Crippen LogP contribution in [0, 0.1) is 29.1 Å². The van der Waals surface area contributed by atoms with Gasteiger partial charge in [0.05, 0.1) is 25.2 Å². The molecular weight excluding hydrogens is 286 g/mol. The number of unbranched alkanes of at least 4 members (excludes halogenated alkanes) is 3. The van der Waals surface area contributed by atoms with Crippen LogP contribution in [0.15, 0.2) is 0 Å². The molecule has 0 N–H and O–H groups in total. The molecule has 23 heavy (non-hydrogen) atoms. The van der Waals surface area contributed by atoms with E-state index in [0.29, 0.717) is 19.1 Å². The van der Waals surface area contributed by atoms with Crippen LogP contribution in [0.2, 0.25) is 0 Å². The Morgan fingerprint density at radius 3 is 2.17 bits per heavy atom. The van der Waals surface area contributed by atoms with Crippen LogP contribution in [0.25, 0.3) is 0 Å². The summed E-state index contributed by atoms with van der Waals surface area (Å²) in [4.78, 5) is 0. The number of nitriles is 1. The summed E-state index contributed by atoms with van der Waals surface area (Å²) in [5.74, 6) is 0.958. The summed E-state index contributed by atoms with van der Waals surface area (Å²) < 4.78 is 12.5. The predicted molar refractivity (Wildman–Crippen MR) is 92.9 cm³/mol. The minimum absolute atomic E-state index is 0.0878. The van der Waals surface area contributed by atoms with Gasteiger partial charge < -0.3 is 9.47 Å². The largest absolute Gasteiger partial charge is 0.348 e. The van der Waals surface area contributed by atoms with Gasteiger partial charge in [0.25, 0.3) is 0 Å². The molecule has 1 aliphatic carbocycles. The highest BCUT2D eigenvalue weighted by molar-refractivity contribution is 4.91. The first-order valence-electron chi connectivity index (χ1n) is 9.91. The van der Waals surface area contributed by atoms with Crippen molar-refractivity contribution in [2.75, 3.05) is 13.2 Å². The third-order valence-electron chi connectivity index (χ3n) is 5.80. The lowest BCUT2D eigenvalue weighted by Crippen LogP contribution is -2.50. The summed E-state index contributed by atoms with van der Waals surface area (Å²) in [6, 6.07) is 2.29. The summed E-state index contributed by atoms with van der Waals surface area (Å²) >= 11 is 0. The Kier molecular flexibility index (Phi) is 7.86. The number of nitrogens with zero attached hydrogens (tertiary/aromatic N) is 1. The molecule has 0 spiro atoms. The molecule has 0 aromatic heterocycles. The quantitative estimate of drug-likeness (QED) is 0.558. The van der Waals surface area contributed by atoms with Gasteiger partial charge in [-0.3, -0.25) is 0 Å². The molecule has 2 fully saturated rings. The van der Waals surface area contributed by atoms with E-state index in [2.05, 4.69) is 19.9 Å². The molecule has 1 heterocycles. The van der Waals surface area contributed by atoms with Crippen LogP contribution in [0.3, 0.4) is 0 Å². The molecule has 0 aromatic carbocycles. The topological polar surface area (TPSA) is 42.2 Å². The minimum atomic E-state index is -0.391. The zero-order valence-corrected chi connectivity index (χ0v) is 15.2. The first kappa shape index (κ1) is 18.7. The zero-order valence-electron chi connectivity index (χ0n) is 15.2. The van der Waals surface area contributed by atoms with Crippen LogP contribution < -0.4 is 0 Å². The van der Waals surface area contributed by atoms with Gasteiger partial charge >= 0.3 is 0 Å². The summed E-state index contributed by atoms with van der Waals surface area (Å²) in [5, 5.41) is 9.09. The lowest BCUT2D eigenvalue weighted by atomic mass is 9.74. The normalized spacial score (nSPS) is 34.9. The summed E-state index contributed by atoms with van der Waals surface area (Å²) in [5.41, 5.74) is 0. The Morgan fingerprint density at radius 2 is 1.61 bits per heavy atom. The van der Waals surface area contributed by atoms with Crippen LogP contribution in [0.1, 0.15) is 84.5 Å². The van der Waals surface area contributed by atoms with Gasteiger partial charge in [-0.1, -0.05) is 46.0 Å². The maximum Gasteiger partial charge on any atom is 0.171 e. The van der Waals surface area contributed by atoms with Gasteiger partial charge in [-0.25, -0.2) is 0 Å². The fourth-order valence-corrected chi connectivity index (χ4v) is 4.24. The van der Waals surface area contributed by atoms with Crippen molar-refractivity contribution in [3.63, 3.8) is 0 Å². The summed E-state index contributed by atoms with van der Waals surface area (Å²) in [6.07, 6.45) is 13.8. The first-order chi connectivity index (χ1) is 11.2. The molecule has 0 bridgehead atoms. The molecule has 1 saturated heterocycles. The molecule has 0 unspecified atom stereocenters. The van der Waals surface area contributed by atoms with E-state index in [-0.39, 0.29) is 5.92 Å². The smallest absolute Gasteiger partial charge is 0.171 e. The molecular formula is C20H35NO2. The van der Waals surface area contributed by atoms with E-state index in [1.54, 1.807) is 0 Å². The average molecular weight is 322 g/mol. The standard InChI is InChI=1S/C20H35NO2/c1-3-5-7-13-20(22-15-18(14-21)16-23-20)19-11-9-17(10-12-19)8-6-4-2/h17-19H,3-13,15-16H2,1-2H3/t17-,18-,19+,20-. The molecule has 0 radical (unpaired) electrons. The Labute approximate surface area is 142 Å². The highest BCUT2D eigenvalue weighted by atomic mass is 16.7. The minimum Gasteiger partial charge on any atom is -0.348 e. The van der Waals surface area contributed by atoms with Gasteiger partial charge in [-0.05, 0) is 38.0 Å². The van der Waals surface area contributed by atoms with E-state index in [1.165, 1.54) is 64.2 Å². The average Bonchev–Trinajstić information content (AvgIpc) is 2.61. The zero-order chi connectivity index (χ0) is 16.5. The highest BCUT2D eigenvalue weighted by Crippen LogP contribution is 2.44. The van der Waals surface area contributed by atoms with Gasteiger partial charge in [0.15, 0.2) is 5.79 Å². The fourth-order valence-electron chi connectivity index (χ4n) is 4.24. The van der Waals surface area contributed by atoms with Crippen molar-refractivity contribution in [1.29, 1.82) is 5.26 Å². The lowest BCUT2D eigenvalue weighted by molar-refractivity contribution is -0.311. The Bertz CT molecular complexity index is 360. The Balaban J connectivity index is 1.91. The number of hydrogen-bond donors (Lipinski definition) is 0. The Morgan fingerprint density at radius 1 is 0.957 bits per heavy atom. The van der Waals surface area contributed by atoms with E-state index < -0.39 is 5.79 Å². The second kappa shape index (κ2) is 9.64. The molecule has 132 valence electrons. The van der Waals surface area contributed by atoms with E-state index in [4.69, 9.17) is 14.7 Å². The van der Waals surface area contributed by atoms with Crippen molar-refractivity contribution in [3.8, 4) is 6.07 Å². The molecule has 1 aliphatic heterocycles.